The fourth-order valence-electron chi connectivity index (χ4n) is 4.55. The van der Waals surface area contributed by atoms with E-state index in [1.165, 1.54) is 12.1 Å². The first-order valence-corrected chi connectivity index (χ1v) is 13.8. The van der Waals surface area contributed by atoms with Crippen LogP contribution in [0.3, 0.4) is 0 Å². The van der Waals surface area contributed by atoms with Gasteiger partial charge in [-0.2, -0.15) is 0 Å². The number of benzene rings is 1. The van der Waals surface area contributed by atoms with Crippen LogP contribution in [0.25, 0.3) is 0 Å². The number of ether oxygens (including phenoxy) is 1. The molecule has 0 aliphatic heterocycles. The van der Waals surface area contributed by atoms with Crippen LogP contribution in [0, 0.1) is 5.92 Å². The van der Waals surface area contributed by atoms with Gasteiger partial charge in [-0.1, -0.05) is 0 Å². The summed E-state index contributed by atoms with van der Waals surface area (Å²) in [5, 5.41) is 0. The van der Waals surface area contributed by atoms with Gasteiger partial charge in [0.05, 0.1) is 0 Å². The van der Waals surface area contributed by atoms with E-state index in [2.05, 4.69) is 10.8 Å². The Labute approximate surface area is 196 Å². The molecule has 32 heavy (non-hydrogen) atoms. The van der Waals surface area contributed by atoms with Crippen molar-refractivity contribution in [1.82, 2.24) is 4.98 Å². The summed E-state index contributed by atoms with van der Waals surface area (Å²) in [4.78, 5) is 18.2. The second kappa shape index (κ2) is 10.1. The quantitative estimate of drug-likeness (QED) is 0.234. The van der Waals surface area contributed by atoms with Crippen molar-refractivity contribution in [2.45, 2.75) is 63.1 Å². The topological polar surface area (TPSA) is 65.2 Å². The van der Waals surface area contributed by atoms with E-state index in [1.54, 1.807) is 12.1 Å². The monoisotopic (exact) mass is 559 g/mol. The van der Waals surface area contributed by atoms with Crippen LogP contribution in [0.4, 0.5) is 13.2 Å². The Morgan fingerprint density at radius 3 is 2.25 bits per heavy atom. The van der Waals surface area contributed by atoms with Gasteiger partial charge in [-0.05, 0) is 12.1 Å². The van der Waals surface area contributed by atoms with E-state index < -0.39 is 6.36 Å². The molecule has 2 aliphatic rings. The van der Waals surface area contributed by atoms with Crippen molar-refractivity contribution >= 4 is 5.78 Å². The Kier molecular flexibility index (Phi) is 7.39. The first kappa shape index (κ1) is 23.5. The van der Waals surface area contributed by atoms with Crippen molar-refractivity contribution in [3.8, 4) is 5.75 Å². The molecule has 4 nitrogen and oxygen atoms in total. The van der Waals surface area contributed by atoms with Crippen molar-refractivity contribution in [3.05, 3.63) is 58.9 Å². The summed E-state index contributed by atoms with van der Waals surface area (Å²) in [6.45, 7) is 0. The molecule has 0 saturated heterocycles. The summed E-state index contributed by atoms with van der Waals surface area (Å²) in [7, 11) is 0. The van der Waals surface area contributed by atoms with Crippen molar-refractivity contribution in [3.63, 3.8) is 0 Å². The molecule has 0 amide bonds. The third-order valence-corrected chi connectivity index (χ3v) is 7.54. The molecule has 1 heterocycles. The molecular weight excluding hydrogens is 532 g/mol. The number of alkyl halides is 4. The number of Topliss-reactive ketones (excluding diaryl/α,β-unsaturated/α-hetero) is 1. The third kappa shape index (κ3) is 6.01. The number of pyridine rings is 1. The number of carbonyl (C=O) groups excluding carboxylic acids is 1. The van der Waals surface area contributed by atoms with Crippen LogP contribution in [-0.2, 0) is 6.42 Å². The Morgan fingerprint density at radius 1 is 1.00 bits per heavy atom. The maximum atomic E-state index is 13.4. The van der Waals surface area contributed by atoms with Gasteiger partial charge in [-0.25, -0.2) is 0 Å². The summed E-state index contributed by atoms with van der Waals surface area (Å²) in [5.74, 6) is 0.617. The van der Waals surface area contributed by atoms with Gasteiger partial charge in [0.15, 0.2) is 0 Å². The molecule has 1 aromatic heterocycles. The predicted octanol–water partition coefficient (Wildman–Crippen LogP) is 2.52. The molecule has 2 N–H and O–H groups in total. The minimum absolute atomic E-state index is 0.0405. The van der Waals surface area contributed by atoms with E-state index in [1.807, 2.05) is 6.07 Å². The average Bonchev–Trinajstić information content (AvgIpc) is 3.62. The van der Waals surface area contributed by atoms with E-state index in [0.717, 1.165) is 66.2 Å². The van der Waals surface area contributed by atoms with Crippen LogP contribution >= 0.6 is 0 Å². The van der Waals surface area contributed by atoms with Crippen molar-refractivity contribution in [2.24, 2.45) is 9.86 Å². The molecule has 0 spiro atoms. The molecule has 4 rings (SSSR count). The molecule has 0 bridgehead atoms. The van der Waals surface area contributed by atoms with Gasteiger partial charge in [0.25, 0.3) is 0 Å². The van der Waals surface area contributed by atoms with E-state index in [9.17, 15) is 18.0 Å². The second-order valence-corrected chi connectivity index (χ2v) is 10.6. The molecule has 2 aliphatic carbocycles. The average molecular weight is 559 g/mol. The molecule has 1 aromatic carbocycles. The van der Waals surface area contributed by atoms with E-state index in [4.69, 9.17) is 8.93 Å². The molecule has 174 valence electrons. The van der Waals surface area contributed by atoms with Crippen LogP contribution < -0.4 is 30.2 Å². The summed E-state index contributed by atoms with van der Waals surface area (Å²) in [6.07, 6.45) is 1.61. The van der Waals surface area contributed by atoms with Gasteiger partial charge in [0.2, 0.25) is 0 Å². The number of halogens is 4. The zero-order chi connectivity index (χ0) is 22.7. The minimum atomic E-state index is -4.68. The number of rotatable bonds is 8. The summed E-state index contributed by atoms with van der Waals surface area (Å²) < 4.78 is 47.7. The molecule has 2 aromatic rings. The van der Waals surface area contributed by atoms with Crippen LogP contribution in [0.5, 0.6) is 5.75 Å². The Balaban J connectivity index is 1.40. The van der Waals surface area contributed by atoms with E-state index in [0.29, 0.717) is 11.6 Å². The molecule has 0 atom stereocenters. The van der Waals surface area contributed by atoms with E-state index >= 15 is 0 Å². The van der Waals surface area contributed by atoms with Crippen LogP contribution in [-0.4, -0.2) is 21.6 Å². The molecule has 8 heteroatoms. The number of aromatic nitrogens is 1. The van der Waals surface area contributed by atoms with Crippen LogP contribution in [0.2, 0.25) is 0 Å². The maximum absolute atomic E-state index is 13.4. The number of hydrogen-bond donors (Lipinski definition) is 1. The van der Waals surface area contributed by atoms with Gasteiger partial charge < -0.3 is 4.74 Å². The van der Waals surface area contributed by atoms with Crippen molar-refractivity contribution in [1.29, 1.82) is 0 Å². The standard InChI is InChI=1S/C24H27F3IN2O2/c25-24(26,27)32-20-10-7-16(8-11-20)15-1-5-18(6-2-15)23(31)22-21(17-3-4-17)12-9-19(30-22)13-14-28-29/h7-12,15,17-18H,1-6,13-14,29H2/q-1. The Morgan fingerprint density at radius 2 is 1.66 bits per heavy atom. The van der Waals surface area contributed by atoms with Gasteiger partial charge in [0.1, 0.15) is 5.75 Å². The first-order valence-electron chi connectivity index (χ1n) is 11.0. The summed E-state index contributed by atoms with van der Waals surface area (Å²) >= 11 is -0.291. The summed E-state index contributed by atoms with van der Waals surface area (Å²) in [5.41, 5.74) is 3.72. The molecular formula is C24H27F3IN2O2-. The number of aryl methyl sites for hydroxylation is 1. The van der Waals surface area contributed by atoms with Crippen LogP contribution in [0.15, 0.2) is 36.4 Å². The SMILES string of the molecule is N[I-]CCc1ccc(C2CC2)c(C(=O)C2CCC(c3ccc(OC(F)(F)F)cc3)CC2)n1. The van der Waals surface area contributed by atoms with E-state index in [-0.39, 0.29) is 44.8 Å². The van der Waals surface area contributed by atoms with Gasteiger partial charge in [-0.3, -0.25) is 0 Å². The number of carbonyl (C=O) groups is 1. The molecule has 0 unspecified atom stereocenters. The third-order valence-electron chi connectivity index (χ3n) is 6.38. The summed E-state index contributed by atoms with van der Waals surface area (Å²) in [6, 6.07) is 10.3. The number of ketones is 1. The predicted molar refractivity (Wildman–Crippen MR) is 111 cm³/mol. The zero-order valence-corrected chi connectivity index (χ0v) is 19.9. The number of nitrogens with two attached hydrogens (primary N) is 1. The van der Waals surface area contributed by atoms with Crippen LogP contribution in [0.1, 0.15) is 77.7 Å². The first-order chi connectivity index (χ1) is 15.3. The van der Waals surface area contributed by atoms with Crippen molar-refractivity contribution in [2.75, 3.05) is 4.43 Å². The molecule has 0 radical (unpaired) electrons. The zero-order valence-electron chi connectivity index (χ0n) is 17.7. The Bertz CT molecular complexity index is 937. The second-order valence-electron chi connectivity index (χ2n) is 8.64. The van der Waals surface area contributed by atoms with Gasteiger partial charge in [0, 0.05) is 0 Å². The Hall–Kier alpha value is -1.68. The van der Waals surface area contributed by atoms with Gasteiger partial charge in [-0.15, -0.1) is 13.2 Å². The molecule has 2 saturated carbocycles. The number of nitrogens with zero attached hydrogens (tertiary/aromatic N) is 1. The fourth-order valence-corrected chi connectivity index (χ4v) is 5.41. The van der Waals surface area contributed by atoms with Crippen molar-refractivity contribution < 1.29 is 44.2 Å². The van der Waals surface area contributed by atoms with Gasteiger partial charge >= 0.3 is 161 Å². The normalized spacial score (nSPS) is 21.5. The fraction of sp³-hybridized carbons (Fsp3) is 0.500. The number of hydrogen-bond acceptors (Lipinski definition) is 4. The molecule has 2 fully saturated rings.